The number of aromatic nitrogens is 3. The van der Waals surface area contributed by atoms with Crippen LogP contribution in [0.15, 0.2) is 96.3 Å². The smallest absolute Gasteiger partial charge is 0.468 e. The Bertz CT molecular complexity index is 1460. The van der Waals surface area contributed by atoms with E-state index < -0.39 is 19.2 Å². The number of carbonyl (C=O) groups excluding carboxylic acids is 1. The van der Waals surface area contributed by atoms with Crippen molar-refractivity contribution in [3.63, 3.8) is 0 Å². The van der Waals surface area contributed by atoms with Gasteiger partial charge in [-0.3, -0.25) is 29.4 Å². The number of nitrogens with one attached hydrogen (secondary N) is 1. The van der Waals surface area contributed by atoms with Crippen molar-refractivity contribution in [1.29, 1.82) is 0 Å². The van der Waals surface area contributed by atoms with Crippen molar-refractivity contribution in [3.8, 4) is 0 Å². The Morgan fingerprint density at radius 3 is 2.09 bits per heavy atom. The molecule has 5 rings (SSSR count). The molecule has 4 aromatic rings. The predicted molar refractivity (Wildman–Crippen MR) is 168 cm³/mol. The molecule has 1 aromatic carbocycles. The maximum atomic E-state index is 12.7. The van der Waals surface area contributed by atoms with Gasteiger partial charge >= 0.3 is 13.1 Å². The summed E-state index contributed by atoms with van der Waals surface area (Å²) in [6.45, 7) is 1.92. The minimum absolute atomic E-state index is 0.110. The van der Waals surface area contributed by atoms with E-state index in [1.54, 1.807) is 18.6 Å². The first-order valence-electron chi connectivity index (χ1n) is 14.5. The van der Waals surface area contributed by atoms with E-state index in [0.29, 0.717) is 38.2 Å². The SMILES string of the molecule is O=C(O)C[C@@H]1CC[C@H](Sc2ccc(NC(=O)Cc3ccc(CN(Cc4ccccn4)Cc4ccccn4)nc3)cc2)B(O)O1. The highest BCUT2D eigenvalue weighted by atomic mass is 32.2. The molecule has 10 nitrogen and oxygen atoms in total. The van der Waals surface area contributed by atoms with Crippen LogP contribution in [-0.2, 0) is 40.3 Å². The number of pyridine rings is 3. The lowest BCUT2D eigenvalue weighted by Crippen LogP contribution is -2.42. The normalized spacial score (nSPS) is 16.5. The molecule has 4 heterocycles. The first-order valence-corrected chi connectivity index (χ1v) is 15.4. The average Bonchev–Trinajstić information content (AvgIpc) is 3.01. The van der Waals surface area contributed by atoms with Crippen molar-refractivity contribution in [1.82, 2.24) is 19.9 Å². The average molecular weight is 612 g/mol. The van der Waals surface area contributed by atoms with E-state index >= 15 is 0 Å². The number of rotatable bonds is 13. The molecule has 0 bridgehead atoms. The number of anilines is 1. The maximum absolute atomic E-state index is 12.7. The quantitative estimate of drug-likeness (QED) is 0.187. The van der Waals surface area contributed by atoms with Crippen molar-refractivity contribution in [3.05, 3.63) is 114 Å². The Hall–Kier alpha value is -4.10. The number of hydrogen-bond acceptors (Lipinski definition) is 9. The molecule has 3 aromatic heterocycles. The second-order valence-electron chi connectivity index (χ2n) is 10.7. The lowest BCUT2D eigenvalue weighted by molar-refractivity contribution is -0.139. The molecule has 2 atom stereocenters. The molecule has 12 heteroatoms. The zero-order valence-corrected chi connectivity index (χ0v) is 25.0. The first-order chi connectivity index (χ1) is 21.4. The van der Waals surface area contributed by atoms with Crippen molar-refractivity contribution < 1.29 is 24.4 Å². The van der Waals surface area contributed by atoms with E-state index in [9.17, 15) is 14.6 Å². The van der Waals surface area contributed by atoms with Crippen LogP contribution in [0.5, 0.6) is 0 Å². The number of aliphatic carboxylic acids is 1. The fraction of sp³-hybridized carbons (Fsp3) is 0.281. The number of carbonyl (C=O) groups is 2. The Morgan fingerprint density at radius 1 is 0.886 bits per heavy atom. The fourth-order valence-electron chi connectivity index (χ4n) is 4.98. The van der Waals surface area contributed by atoms with Crippen LogP contribution in [-0.4, -0.2) is 60.2 Å². The molecule has 3 N–H and O–H groups in total. The van der Waals surface area contributed by atoms with Gasteiger partial charge in [-0.15, -0.1) is 11.8 Å². The fourth-order valence-corrected chi connectivity index (χ4v) is 6.06. The minimum atomic E-state index is -1.03. The summed E-state index contributed by atoms with van der Waals surface area (Å²) in [5, 5.41) is 22.0. The molecule has 1 aliphatic heterocycles. The zero-order valence-electron chi connectivity index (χ0n) is 24.2. The summed E-state index contributed by atoms with van der Waals surface area (Å²) < 4.78 is 5.47. The van der Waals surface area contributed by atoms with Gasteiger partial charge < -0.3 is 20.1 Å². The van der Waals surface area contributed by atoms with Gasteiger partial charge in [-0.1, -0.05) is 18.2 Å². The van der Waals surface area contributed by atoms with Gasteiger partial charge in [0.2, 0.25) is 5.91 Å². The number of carboxylic acids is 1. The molecule has 1 amide bonds. The van der Waals surface area contributed by atoms with Crippen LogP contribution < -0.4 is 5.32 Å². The number of hydrogen-bond donors (Lipinski definition) is 3. The summed E-state index contributed by atoms with van der Waals surface area (Å²) in [7, 11) is -1.03. The second-order valence-corrected chi connectivity index (χ2v) is 12.0. The molecule has 0 saturated carbocycles. The number of amides is 1. The van der Waals surface area contributed by atoms with E-state index in [-0.39, 0.29) is 23.9 Å². The highest BCUT2D eigenvalue weighted by Gasteiger charge is 2.36. The molecule has 44 heavy (non-hydrogen) atoms. The Kier molecular flexibility index (Phi) is 11.1. The van der Waals surface area contributed by atoms with Crippen LogP contribution in [0.1, 0.15) is 41.9 Å². The van der Waals surface area contributed by atoms with Gasteiger partial charge in [-0.25, -0.2) is 0 Å². The molecule has 0 unspecified atom stereocenters. The molecule has 1 saturated heterocycles. The maximum Gasteiger partial charge on any atom is 0.468 e. The lowest BCUT2D eigenvalue weighted by Gasteiger charge is -2.30. The minimum Gasteiger partial charge on any atom is -0.481 e. The van der Waals surface area contributed by atoms with Gasteiger partial charge in [0.15, 0.2) is 0 Å². The molecular formula is C32H34BN5O5S. The predicted octanol–water partition coefficient (Wildman–Crippen LogP) is 4.39. The van der Waals surface area contributed by atoms with Gasteiger partial charge in [0.05, 0.1) is 36.0 Å². The number of nitrogens with zero attached hydrogens (tertiary/aromatic N) is 4. The Balaban J connectivity index is 1.11. The van der Waals surface area contributed by atoms with Crippen molar-refractivity contribution >= 4 is 36.4 Å². The first kappa shape index (κ1) is 31.3. The van der Waals surface area contributed by atoms with Gasteiger partial charge in [-0.2, -0.15) is 0 Å². The van der Waals surface area contributed by atoms with Crippen LogP contribution in [0.3, 0.4) is 0 Å². The van der Waals surface area contributed by atoms with Crippen LogP contribution in [0.4, 0.5) is 5.69 Å². The van der Waals surface area contributed by atoms with Gasteiger partial charge in [-0.05, 0) is 73.0 Å². The monoisotopic (exact) mass is 611 g/mol. The van der Waals surface area contributed by atoms with Gasteiger partial charge in [0.25, 0.3) is 0 Å². The summed E-state index contributed by atoms with van der Waals surface area (Å²) in [6.07, 6.45) is 6.18. The summed E-state index contributed by atoms with van der Waals surface area (Å²) in [4.78, 5) is 40.4. The van der Waals surface area contributed by atoms with E-state index in [4.69, 9.17) is 9.76 Å². The summed E-state index contributed by atoms with van der Waals surface area (Å²) in [5.74, 6) is -1.08. The topological polar surface area (TPSA) is 138 Å². The molecule has 1 aliphatic rings. The molecule has 226 valence electrons. The standard InChI is InChI=1S/C32H34BN5O5S/c39-31(37-24-9-12-29(13-10-24)44-30-14-11-28(18-32(40)41)43-33(30)42)17-23-7-8-27(36-19-23)22-38(20-25-5-1-3-15-34-25)21-26-6-2-4-16-35-26/h1-10,12-13,15-16,19,28,30,42H,11,14,17-18,20-22H2,(H,37,39)(H,40,41)/t28-,30-/m0/s1. The largest absolute Gasteiger partial charge is 0.481 e. The third-order valence-corrected chi connectivity index (χ3v) is 8.43. The zero-order chi connectivity index (χ0) is 30.7. The van der Waals surface area contributed by atoms with E-state index in [1.807, 2.05) is 72.8 Å². The van der Waals surface area contributed by atoms with Crippen LogP contribution in [0, 0.1) is 0 Å². The van der Waals surface area contributed by atoms with Crippen LogP contribution in [0.25, 0.3) is 0 Å². The summed E-state index contributed by atoms with van der Waals surface area (Å²) >= 11 is 1.48. The highest BCUT2D eigenvalue weighted by Crippen LogP contribution is 2.33. The van der Waals surface area contributed by atoms with Crippen LogP contribution >= 0.6 is 11.8 Å². The molecule has 0 radical (unpaired) electrons. The van der Waals surface area contributed by atoms with Crippen LogP contribution in [0.2, 0.25) is 0 Å². The van der Waals surface area contributed by atoms with Crippen molar-refractivity contribution in [2.24, 2.45) is 0 Å². The molecule has 0 spiro atoms. The molecule has 1 fully saturated rings. The van der Waals surface area contributed by atoms with E-state index in [2.05, 4.69) is 25.2 Å². The number of benzene rings is 1. The lowest BCUT2D eigenvalue weighted by atomic mass is 9.77. The van der Waals surface area contributed by atoms with Gasteiger partial charge in [0, 0.05) is 54.0 Å². The van der Waals surface area contributed by atoms with Crippen molar-refractivity contribution in [2.45, 2.75) is 61.5 Å². The van der Waals surface area contributed by atoms with Gasteiger partial charge in [0.1, 0.15) is 0 Å². The van der Waals surface area contributed by atoms with E-state index in [0.717, 1.165) is 27.5 Å². The third-order valence-electron chi connectivity index (χ3n) is 7.11. The Labute approximate surface area is 261 Å². The number of thioether (sulfide) groups is 1. The van der Waals surface area contributed by atoms with Crippen molar-refractivity contribution in [2.75, 3.05) is 5.32 Å². The third kappa shape index (κ3) is 9.71. The highest BCUT2D eigenvalue weighted by molar-refractivity contribution is 8.01. The number of carboxylic acid groups (broad SMARTS) is 1. The van der Waals surface area contributed by atoms with E-state index in [1.165, 1.54) is 11.8 Å². The summed E-state index contributed by atoms with van der Waals surface area (Å²) in [5.41, 5.74) is 4.31. The summed E-state index contributed by atoms with van der Waals surface area (Å²) in [6, 6.07) is 23.1. The second kappa shape index (κ2) is 15.6. The molecular weight excluding hydrogens is 577 g/mol. The molecule has 0 aliphatic carbocycles. The Morgan fingerprint density at radius 2 is 1.55 bits per heavy atom.